The van der Waals surface area contributed by atoms with Crippen LogP contribution in [-0.2, 0) is 9.53 Å². The average Bonchev–Trinajstić information content (AvgIpc) is 2.14. The first-order valence-corrected chi connectivity index (χ1v) is 4.48. The summed E-state index contributed by atoms with van der Waals surface area (Å²) >= 11 is 0. The van der Waals surface area contributed by atoms with Gasteiger partial charge in [0.2, 0.25) is 6.19 Å². The van der Waals surface area contributed by atoms with Crippen LogP contribution in [0.15, 0.2) is 4.99 Å². The first-order chi connectivity index (χ1) is 6.65. The van der Waals surface area contributed by atoms with Crippen molar-refractivity contribution in [3.63, 3.8) is 0 Å². The molecule has 0 aliphatic carbocycles. The number of rotatable bonds is 4. The molecule has 0 rings (SSSR count). The van der Waals surface area contributed by atoms with Gasteiger partial charge in [-0.25, -0.2) is 0 Å². The fourth-order valence-electron chi connectivity index (χ4n) is 0.984. The van der Waals surface area contributed by atoms with E-state index in [0.717, 1.165) is 0 Å². The van der Waals surface area contributed by atoms with Crippen molar-refractivity contribution in [3.8, 4) is 6.19 Å². The molecule has 0 bridgehead atoms. The first-order valence-electron chi connectivity index (χ1n) is 4.48. The van der Waals surface area contributed by atoms with E-state index in [1.807, 2.05) is 6.92 Å². The second-order valence-electron chi connectivity index (χ2n) is 2.64. The van der Waals surface area contributed by atoms with E-state index < -0.39 is 0 Å². The summed E-state index contributed by atoms with van der Waals surface area (Å²) in [6.07, 6.45) is 2.31. The minimum absolute atomic E-state index is 0.127. The number of nitrogens with zero attached hydrogens (tertiary/aromatic N) is 3. The van der Waals surface area contributed by atoms with Gasteiger partial charge in [-0.05, 0) is 6.92 Å². The molecule has 78 valence electrons. The van der Waals surface area contributed by atoms with E-state index >= 15 is 0 Å². The van der Waals surface area contributed by atoms with Crippen molar-refractivity contribution in [1.82, 2.24) is 4.90 Å². The molecule has 0 unspecified atom stereocenters. The maximum atomic E-state index is 11.1. The molecule has 5 heteroatoms. The van der Waals surface area contributed by atoms with Gasteiger partial charge in [-0.1, -0.05) is 6.92 Å². The summed E-state index contributed by atoms with van der Waals surface area (Å²) in [5.74, 6) is 0.273. The molecule has 0 saturated carbocycles. The number of carbonyl (C=O) groups is 1. The highest BCUT2D eigenvalue weighted by Gasteiger charge is 2.09. The molecule has 5 nitrogen and oxygen atoms in total. The van der Waals surface area contributed by atoms with Crippen molar-refractivity contribution >= 4 is 11.8 Å². The number of amidine groups is 1. The van der Waals surface area contributed by atoms with Gasteiger partial charge in [0, 0.05) is 13.5 Å². The van der Waals surface area contributed by atoms with E-state index in [0.29, 0.717) is 18.9 Å². The van der Waals surface area contributed by atoms with Crippen LogP contribution in [0.5, 0.6) is 0 Å². The molecule has 0 amide bonds. The van der Waals surface area contributed by atoms with Crippen LogP contribution in [0.1, 0.15) is 20.3 Å². The molecular weight excluding hydrogens is 182 g/mol. The quantitative estimate of drug-likeness (QED) is 0.289. The Morgan fingerprint density at radius 3 is 2.64 bits per heavy atom. The lowest BCUT2D eigenvalue weighted by Crippen LogP contribution is -2.32. The van der Waals surface area contributed by atoms with Gasteiger partial charge in [0.25, 0.3) is 0 Å². The third-order valence-corrected chi connectivity index (χ3v) is 1.61. The Balaban J connectivity index is 4.19. The van der Waals surface area contributed by atoms with Crippen LogP contribution in [0.3, 0.4) is 0 Å². The lowest BCUT2D eigenvalue weighted by atomic mass is 10.4. The highest BCUT2D eigenvalue weighted by atomic mass is 16.5. The number of aliphatic imine (C=N–C) groups is 1. The Labute approximate surface area is 84.0 Å². The number of hydrogen-bond donors (Lipinski definition) is 0. The van der Waals surface area contributed by atoms with Gasteiger partial charge >= 0.3 is 5.97 Å². The summed E-state index contributed by atoms with van der Waals surface area (Å²) in [4.78, 5) is 16.3. The number of hydrogen-bond acceptors (Lipinski definition) is 4. The number of likely N-dealkylation sites (N-methyl/N-ethyl adjacent to an activating group) is 1. The van der Waals surface area contributed by atoms with Crippen LogP contribution in [0, 0.1) is 11.5 Å². The molecule has 0 radical (unpaired) electrons. The molecule has 0 fully saturated rings. The monoisotopic (exact) mass is 197 g/mol. The largest absolute Gasteiger partial charge is 0.465 e. The summed E-state index contributed by atoms with van der Waals surface area (Å²) in [6, 6.07) is 0. The Bertz CT molecular complexity index is 255. The number of esters is 1. The maximum absolute atomic E-state index is 11.1. The summed E-state index contributed by atoms with van der Waals surface area (Å²) in [5.41, 5.74) is 0. The summed E-state index contributed by atoms with van der Waals surface area (Å²) < 4.78 is 4.77. The van der Waals surface area contributed by atoms with Crippen LogP contribution in [0.2, 0.25) is 0 Å². The van der Waals surface area contributed by atoms with Gasteiger partial charge in [0.15, 0.2) is 0 Å². The third kappa shape index (κ3) is 4.45. The standard InChI is InChI=1S/C9H15N3O2/c1-4-8(11-7-10)12(3)6-9(13)14-5-2/h4-6H2,1-3H3/b11-8+. The molecule has 0 atom stereocenters. The number of nitriles is 1. The lowest BCUT2D eigenvalue weighted by molar-refractivity contribution is -0.143. The molecule has 0 N–H and O–H groups in total. The van der Waals surface area contributed by atoms with Crippen molar-refractivity contribution in [2.75, 3.05) is 20.2 Å². The second-order valence-corrected chi connectivity index (χ2v) is 2.64. The Kier molecular flexibility index (Phi) is 6.12. The number of ether oxygens (including phenoxy) is 1. The smallest absolute Gasteiger partial charge is 0.325 e. The molecule has 14 heavy (non-hydrogen) atoms. The predicted octanol–water partition coefficient (Wildman–Crippen LogP) is 0.771. The average molecular weight is 197 g/mol. The third-order valence-electron chi connectivity index (χ3n) is 1.61. The highest BCUT2D eigenvalue weighted by molar-refractivity contribution is 5.86. The molecule has 0 aliphatic heterocycles. The van der Waals surface area contributed by atoms with Crippen molar-refractivity contribution in [2.45, 2.75) is 20.3 Å². The Hall–Kier alpha value is -1.57. The summed E-state index contributed by atoms with van der Waals surface area (Å²) in [5, 5.41) is 8.37. The molecule has 0 aliphatic rings. The fourth-order valence-corrected chi connectivity index (χ4v) is 0.984. The van der Waals surface area contributed by atoms with Crippen molar-refractivity contribution in [1.29, 1.82) is 5.26 Å². The Morgan fingerprint density at radius 2 is 2.21 bits per heavy atom. The predicted molar refractivity (Wildman–Crippen MR) is 52.6 cm³/mol. The van der Waals surface area contributed by atoms with Gasteiger partial charge in [-0.3, -0.25) is 4.79 Å². The summed E-state index contributed by atoms with van der Waals surface area (Å²) in [6.45, 7) is 4.12. The second kappa shape index (κ2) is 6.89. The van der Waals surface area contributed by atoms with Gasteiger partial charge in [0.1, 0.15) is 12.4 Å². The summed E-state index contributed by atoms with van der Waals surface area (Å²) in [7, 11) is 1.70. The lowest BCUT2D eigenvalue weighted by Gasteiger charge is -2.17. The van der Waals surface area contributed by atoms with E-state index in [2.05, 4.69) is 4.99 Å². The van der Waals surface area contributed by atoms with Crippen LogP contribution >= 0.6 is 0 Å². The molecule has 0 aromatic rings. The minimum atomic E-state index is -0.311. The van der Waals surface area contributed by atoms with Gasteiger partial charge < -0.3 is 9.64 Å². The molecule has 0 aromatic heterocycles. The van der Waals surface area contributed by atoms with Crippen molar-refractivity contribution in [3.05, 3.63) is 0 Å². The van der Waals surface area contributed by atoms with Crippen LogP contribution in [-0.4, -0.2) is 36.9 Å². The van der Waals surface area contributed by atoms with E-state index in [1.54, 1.807) is 25.1 Å². The first kappa shape index (κ1) is 12.4. The zero-order valence-electron chi connectivity index (χ0n) is 8.78. The molecule has 0 saturated heterocycles. The van der Waals surface area contributed by atoms with E-state index in [1.165, 1.54) is 0 Å². The number of carbonyl (C=O) groups excluding carboxylic acids is 1. The van der Waals surface area contributed by atoms with Crippen LogP contribution < -0.4 is 0 Å². The molecule has 0 spiro atoms. The molecule has 0 heterocycles. The SMILES string of the molecule is CCOC(=O)CN(C)/C(CC)=N/C#N. The normalized spacial score (nSPS) is 10.6. The minimum Gasteiger partial charge on any atom is -0.465 e. The van der Waals surface area contributed by atoms with Crippen molar-refractivity contribution in [2.24, 2.45) is 4.99 Å². The van der Waals surface area contributed by atoms with Crippen LogP contribution in [0.4, 0.5) is 0 Å². The van der Waals surface area contributed by atoms with Gasteiger partial charge in [-0.15, -0.1) is 0 Å². The Morgan fingerprint density at radius 1 is 1.57 bits per heavy atom. The fraction of sp³-hybridized carbons (Fsp3) is 0.667. The zero-order chi connectivity index (χ0) is 11.0. The highest BCUT2D eigenvalue weighted by Crippen LogP contribution is 1.94. The van der Waals surface area contributed by atoms with E-state index in [4.69, 9.17) is 10.00 Å². The molecular formula is C9H15N3O2. The van der Waals surface area contributed by atoms with E-state index in [9.17, 15) is 4.79 Å². The maximum Gasteiger partial charge on any atom is 0.325 e. The molecule has 0 aromatic carbocycles. The zero-order valence-corrected chi connectivity index (χ0v) is 8.78. The van der Waals surface area contributed by atoms with Gasteiger partial charge in [0.05, 0.1) is 6.61 Å². The van der Waals surface area contributed by atoms with Crippen molar-refractivity contribution < 1.29 is 9.53 Å². The van der Waals surface area contributed by atoms with Crippen LogP contribution in [0.25, 0.3) is 0 Å². The van der Waals surface area contributed by atoms with E-state index in [-0.39, 0.29) is 12.5 Å². The topological polar surface area (TPSA) is 65.7 Å². The van der Waals surface area contributed by atoms with Gasteiger partial charge in [-0.2, -0.15) is 10.3 Å².